The average Bonchev–Trinajstić information content (AvgIpc) is 2.68. The van der Waals surface area contributed by atoms with Crippen LogP contribution < -0.4 is 5.73 Å². The van der Waals surface area contributed by atoms with Crippen molar-refractivity contribution in [2.75, 3.05) is 0 Å². The molecule has 4 heteroatoms. The Kier molecular flexibility index (Phi) is 2.78. The van der Waals surface area contributed by atoms with E-state index in [4.69, 9.17) is 5.73 Å². The van der Waals surface area contributed by atoms with Gasteiger partial charge in [-0.05, 0) is 24.6 Å². The number of hydrogen-bond acceptors (Lipinski definition) is 3. The van der Waals surface area contributed by atoms with Crippen LogP contribution in [0.1, 0.15) is 24.4 Å². The maximum absolute atomic E-state index is 5.78. The zero-order valence-corrected chi connectivity index (χ0v) is 8.67. The van der Waals surface area contributed by atoms with Gasteiger partial charge >= 0.3 is 0 Å². The van der Waals surface area contributed by atoms with Crippen molar-refractivity contribution >= 4 is 0 Å². The van der Waals surface area contributed by atoms with Crippen LogP contribution in [0.5, 0.6) is 0 Å². The molecule has 0 radical (unpaired) electrons. The normalized spacial score (nSPS) is 12.7. The Morgan fingerprint density at radius 1 is 1.40 bits per heavy atom. The summed E-state index contributed by atoms with van der Waals surface area (Å²) in [5.74, 6) is 0.810. The highest BCUT2D eigenvalue weighted by Gasteiger charge is 2.02. The molecule has 0 saturated heterocycles. The summed E-state index contributed by atoms with van der Waals surface area (Å²) in [6.45, 7) is 2.66. The molecule has 2 heterocycles. The molecule has 0 amide bonds. The molecule has 1 atom stereocenters. The fraction of sp³-hybridized carbons (Fsp3) is 0.273. The molecule has 4 nitrogen and oxygen atoms in total. The third-order valence-electron chi connectivity index (χ3n) is 2.24. The standard InChI is InChI=1S/C11H14N4/c1-9(12)10-3-6-15(7-10)8-11-13-4-2-5-14-11/h2-7,9H,8,12H2,1H3. The Morgan fingerprint density at radius 2 is 2.13 bits per heavy atom. The number of nitrogens with two attached hydrogens (primary N) is 1. The molecule has 0 aliphatic rings. The lowest BCUT2D eigenvalue weighted by molar-refractivity contribution is 0.737. The van der Waals surface area contributed by atoms with Gasteiger partial charge in [0.2, 0.25) is 0 Å². The van der Waals surface area contributed by atoms with Crippen molar-refractivity contribution in [3.63, 3.8) is 0 Å². The second kappa shape index (κ2) is 4.23. The lowest BCUT2D eigenvalue weighted by Gasteiger charge is -2.02. The molecular formula is C11H14N4. The van der Waals surface area contributed by atoms with E-state index >= 15 is 0 Å². The van der Waals surface area contributed by atoms with Gasteiger partial charge in [-0.2, -0.15) is 0 Å². The van der Waals surface area contributed by atoms with Crippen molar-refractivity contribution in [2.24, 2.45) is 5.73 Å². The molecule has 0 saturated carbocycles. The second-order valence-electron chi connectivity index (χ2n) is 3.57. The molecule has 0 bridgehead atoms. The van der Waals surface area contributed by atoms with Crippen molar-refractivity contribution in [3.05, 3.63) is 48.3 Å². The summed E-state index contributed by atoms with van der Waals surface area (Å²) in [6.07, 6.45) is 7.52. The number of nitrogens with zero attached hydrogens (tertiary/aromatic N) is 3. The molecule has 2 rings (SSSR count). The van der Waals surface area contributed by atoms with Crippen LogP contribution in [0, 0.1) is 0 Å². The minimum Gasteiger partial charge on any atom is -0.346 e. The maximum atomic E-state index is 5.78. The van der Waals surface area contributed by atoms with Crippen LogP contribution in [0.2, 0.25) is 0 Å². The van der Waals surface area contributed by atoms with Gasteiger partial charge in [0.15, 0.2) is 0 Å². The largest absolute Gasteiger partial charge is 0.346 e. The minimum atomic E-state index is 0.0722. The zero-order chi connectivity index (χ0) is 10.7. The predicted molar refractivity (Wildman–Crippen MR) is 58.2 cm³/mol. The molecule has 2 aromatic heterocycles. The van der Waals surface area contributed by atoms with Crippen molar-refractivity contribution in [3.8, 4) is 0 Å². The smallest absolute Gasteiger partial charge is 0.147 e. The summed E-state index contributed by atoms with van der Waals surface area (Å²) in [5, 5.41) is 0. The first-order valence-corrected chi connectivity index (χ1v) is 4.93. The topological polar surface area (TPSA) is 56.7 Å². The molecule has 0 aliphatic carbocycles. The molecule has 2 aromatic rings. The molecule has 0 fully saturated rings. The lowest BCUT2D eigenvalue weighted by atomic mass is 10.2. The zero-order valence-electron chi connectivity index (χ0n) is 8.67. The van der Waals surface area contributed by atoms with E-state index in [9.17, 15) is 0 Å². The van der Waals surface area contributed by atoms with E-state index in [1.807, 2.05) is 36.0 Å². The van der Waals surface area contributed by atoms with Gasteiger partial charge in [0.1, 0.15) is 5.82 Å². The fourth-order valence-corrected chi connectivity index (χ4v) is 1.40. The van der Waals surface area contributed by atoms with Crippen LogP contribution >= 0.6 is 0 Å². The summed E-state index contributed by atoms with van der Waals surface area (Å²) < 4.78 is 2.04. The number of aromatic nitrogens is 3. The Hall–Kier alpha value is -1.68. The lowest BCUT2D eigenvalue weighted by Crippen LogP contribution is -2.04. The maximum Gasteiger partial charge on any atom is 0.147 e. The van der Waals surface area contributed by atoms with E-state index in [0.717, 1.165) is 11.4 Å². The van der Waals surface area contributed by atoms with E-state index in [0.29, 0.717) is 6.54 Å². The SMILES string of the molecule is CC(N)c1ccn(Cc2ncccn2)c1. The molecule has 15 heavy (non-hydrogen) atoms. The fourth-order valence-electron chi connectivity index (χ4n) is 1.40. The predicted octanol–water partition coefficient (Wildman–Crippen LogP) is 1.35. The summed E-state index contributed by atoms with van der Waals surface area (Å²) in [5.41, 5.74) is 6.91. The van der Waals surface area contributed by atoms with Gasteiger partial charge in [-0.15, -0.1) is 0 Å². The van der Waals surface area contributed by atoms with Gasteiger partial charge < -0.3 is 10.3 Å². The Balaban J connectivity index is 2.12. The monoisotopic (exact) mass is 202 g/mol. The Labute approximate surface area is 88.8 Å². The highest BCUT2D eigenvalue weighted by atomic mass is 15.0. The van der Waals surface area contributed by atoms with Crippen LogP contribution in [0.4, 0.5) is 0 Å². The molecule has 0 aromatic carbocycles. The van der Waals surface area contributed by atoms with Crippen LogP contribution in [0.15, 0.2) is 36.9 Å². The van der Waals surface area contributed by atoms with Crippen LogP contribution in [0.25, 0.3) is 0 Å². The molecule has 0 spiro atoms. The first-order valence-electron chi connectivity index (χ1n) is 4.93. The van der Waals surface area contributed by atoms with Crippen molar-refractivity contribution in [1.82, 2.24) is 14.5 Å². The summed E-state index contributed by atoms with van der Waals surface area (Å²) in [4.78, 5) is 8.33. The van der Waals surface area contributed by atoms with Gasteiger partial charge in [0.25, 0.3) is 0 Å². The van der Waals surface area contributed by atoms with Gasteiger partial charge in [-0.3, -0.25) is 0 Å². The molecule has 2 N–H and O–H groups in total. The van der Waals surface area contributed by atoms with Crippen molar-refractivity contribution in [1.29, 1.82) is 0 Å². The van der Waals surface area contributed by atoms with E-state index in [-0.39, 0.29) is 6.04 Å². The van der Waals surface area contributed by atoms with Crippen LogP contribution in [-0.2, 0) is 6.54 Å². The first-order chi connectivity index (χ1) is 7.25. The molecule has 1 unspecified atom stereocenters. The van der Waals surface area contributed by atoms with Crippen LogP contribution in [0.3, 0.4) is 0 Å². The van der Waals surface area contributed by atoms with E-state index in [1.165, 1.54) is 0 Å². The number of hydrogen-bond donors (Lipinski definition) is 1. The molecule has 78 valence electrons. The van der Waals surface area contributed by atoms with Crippen molar-refractivity contribution in [2.45, 2.75) is 19.5 Å². The van der Waals surface area contributed by atoms with Gasteiger partial charge in [0.05, 0.1) is 6.54 Å². The highest BCUT2D eigenvalue weighted by Crippen LogP contribution is 2.10. The highest BCUT2D eigenvalue weighted by molar-refractivity contribution is 5.14. The van der Waals surface area contributed by atoms with E-state index < -0.39 is 0 Å². The number of rotatable bonds is 3. The third-order valence-corrected chi connectivity index (χ3v) is 2.24. The van der Waals surface area contributed by atoms with Gasteiger partial charge in [-0.1, -0.05) is 0 Å². The van der Waals surface area contributed by atoms with Gasteiger partial charge in [0, 0.05) is 30.8 Å². The van der Waals surface area contributed by atoms with Crippen LogP contribution in [-0.4, -0.2) is 14.5 Å². The summed E-state index contributed by atoms with van der Waals surface area (Å²) in [6, 6.07) is 3.91. The quantitative estimate of drug-likeness (QED) is 0.817. The Morgan fingerprint density at radius 3 is 2.73 bits per heavy atom. The minimum absolute atomic E-state index is 0.0722. The third kappa shape index (κ3) is 2.41. The van der Waals surface area contributed by atoms with Crippen molar-refractivity contribution < 1.29 is 0 Å². The van der Waals surface area contributed by atoms with Gasteiger partial charge in [-0.25, -0.2) is 9.97 Å². The summed E-state index contributed by atoms with van der Waals surface area (Å²) in [7, 11) is 0. The second-order valence-corrected chi connectivity index (χ2v) is 3.57. The first kappa shape index (κ1) is 9.86. The average molecular weight is 202 g/mol. The molecule has 0 aliphatic heterocycles. The summed E-state index contributed by atoms with van der Waals surface area (Å²) >= 11 is 0. The van der Waals surface area contributed by atoms with E-state index in [2.05, 4.69) is 9.97 Å². The molecular weight excluding hydrogens is 188 g/mol. The Bertz CT molecular complexity index is 419. The van der Waals surface area contributed by atoms with E-state index in [1.54, 1.807) is 12.4 Å².